The number of carbonyl (C=O) groups excluding carboxylic acids is 1. The molecule has 256 valence electrons. The maximum atomic E-state index is 12.6. The van der Waals surface area contributed by atoms with Gasteiger partial charge in [0.25, 0.3) is 0 Å². The fourth-order valence-electron chi connectivity index (χ4n) is 6.19. The number of esters is 1. The van der Waals surface area contributed by atoms with Crippen LogP contribution in [0.3, 0.4) is 0 Å². The highest BCUT2D eigenvalue weighted by molar-refractivity contribution is 5.69. The third-order valence-electron chi connectivity index (χ3n) is 9.08. The highest BCUT2D eigenvalue weighted by atomic mass is 16.5. The average molecular weight is 609 g/mol. The van der Waals surface area contributed by atoms with Crippen LogP contribution in [0.15, 0.2) is 0 Å². The molecule has 0 radical (unpaired) electrons. The van der Waals surface area contributed by atoms with Crippen molar-refractivity contribution in [3.8, 4) is 0 Å². The summed E-state index contributed by atoms with van der Waals surface area (Å²) in [7, 11) is 0. The summed E-state index contributed by atoms with van der Waals surface area (Å²) in [4.78, 5) is 23.2. The van der Waals surface area contributed by atoms with Crippen LogP contribution in [0.2, 0.25) is 0 Å². The van der Waals surface area contributed by atoms with Crippen LogP contribution >= 0.6 is 0 Å². The number of carbonyl (C=O) groups is 2. The number of ether oxygens (including phenoxy) is 1. The van der Waals surface area contributed by atoms with Gasteiger partial charge in [0.1, 0.15) is 6.10 Å². The Balaban J connectivity index is 3.72. The third kappa shape index (κ3) is 35.3. The summed E-state index contributed by atoms with van der Waals surface area (Å²) in [6.07, 6.45) is 41.4. The number of hydrogen-bond acceptors (Lipinski definition) is 3. The Bertz CT molecular complexity index is 576. The Morgan fingerprint density at radius 3 is 1.02 bits per heavy atom. The van der Waals surface area contributed by atoms with Crippen LogP contribution < -0.4 is 0 Å². The summed E-state index contributed by atoms with van der Waals surface area (Å²) in [6, 6.07) is 0. The van der Waals surface area contributed by atoms with Crippen molar-refractivity contribution in [3.63, 3.8) is 0 Å². The molecule has 0 spiro atoms. The first-order valence-corrected chi connectivity index (χ1v) is 19.5. The van der Waals surface area contributed by atoms with Crippen molar-refractivity contribution in [3.05, 3.63) is 0 Å². The Morgan fingerprint density at radius 2 is 0.698 bits per heavy atom. The second-order valence-electron chi connectivity index (χ2n) is 13.5. The molecule has 0 aromatic heterocycles. The molecule has 0 rings (SSSR count). The fraction of sp³-hybridized carbons (Fsp3) is 0.949. The van der Waals surface area contributed by atoms with E-state index in [-0.39, 0.29) is 18.5 Å². The van der Waals surface area contributed by atoms with Crippen LogP contribution in [-0.2, 0) is 14.3 Å². The lowest BCUT2D eigenvalue weighted by molar-refractivity contribution is -0.150. The zero-order chi connectivity index (χ0) is 31.5. The minimum atomic E-state index is -0.691. The van der Waals surface area contributed by atoms with Crippen molar-refractivity contribution < 1.29 is 19.4 Å². The van der Waals surface area contributed by atoms with Crippen molar-refractivity contribution in [2.75, 3.05) is 0 Å². The summed E-state index contributed by atoms with van der Waals surface area (Å²) in [5.74, 6) is -0.678. The van der Waals surface area contributed by atoms with Gasteiger partial charge in [0.2, 0.25) is 0 Å². The van der Waals surface area contributed by atoms with Crippen molar-refractivity contribution >= 4 is 11.9 Å². The molecule has 0 aliphatic heterocycles. The van der Waals surface area contributed by atoms with Gasteiger partial charge in [0.15, 0.2) is 0 Å². The van der Waals surface area contributed by atoms with Crippen LogP contribution in [0.25, 0.3) is 0 Å². The van der Waals surface area contributed by atoms with Gasteiger partial charge in [0, 0.05) is 12.8 Å². The Morgan fingerprint density at radius 1 is 0.419 bits per heavy atom. The lowest BCUT2D eigenvalue weighted by Gasteiger charge is -2.18. The standard InChI is InChI=1S/C39H76O4/c1-3-5-7-9-10-11-12-13-14-15-16-17-18-19-20-21-22-28-32-36-39(42)43-37(33-29-25-8-6-4-2)34-30-26-23-24-27-31-35-38(40)41/h37H,3-36H2,1-2H3,(H,40,41). The average Bonchev–Trinajstić information content (AvgIpc) is 2.99. The van der Waals surface area contributed by atoms with Gasteiger partial charge in [-0.25, -0.2) is 0 Å². The molecule has 0 aromatic rings. The van der Waals surface area contributed by atoms with Crippen molar-refractivity contribution in [1.82, 2.24) is 0 Å². The molecule has 0 aliphatic rings. The molecule has 1 N–H and O–H groups in total. The molecule has 0 fully saturated rings. The van der Waals surface area contributed by atoms with E-state index in [1.54, 1.807) is 0 Å². The summed E-state index contributed by atoms with van der Waals surface area (Å²) >= 11 is 0. The normalized spacial score (nSPS) is 12.0. The first-order valence-electron chi connectivity index (χ1n) is 19.5. The van der Waals surface area contributed by atoms with Crippen LogP contribution in [0.5, 0.6) is 0 Å². The smallest absolute Gasteiger partial charge is 0.306 e. The molecular formula is C39H76O4. The van der Waals surface area contributed by atoms with Gasteiger partial charge in [-0.2, -0.15) is 0 Å². The highest BCUT2D eigenvalue weighted by Gasteiger charge is 2.14. The summed E-state index contributed by atoms with van der Waals surface area (Å²) in [5.41, 5.74) is 0. The number of carboxylic acid groups (broad SMARTS) is 1. The van der Waals surface area contributed by atoms with E-state index in [4.69, 9.17) is 9.84 Å². The second kappa shape index (κ2) is 35.4. The number of aliphatic carboxylic acids is 1. The number of hydrogen-bond donors (Lipinski definition) is 1. The number of unbranched alkanes of at least 4 members (excludes halogenated alkanes) is 27. The van der Waals surface area contributed by atoms with Crippen LogP contribution in [0.4, 0.5) is 0 Å². The van der Waals surface area contributed by atoms with Gasteiger partial charge in [-0.05, 0) is 38.5 Å². The van der Waals surface area contributed by atoms with Crippen molar-refractivity contribution in [1.29, 1.82) is 0 Å². The molecule has 0 amide bonds. The van der Waals surface area contributed by atoms with Gasteiger partial charge in [-0.1, -0.05) is 181 Å². The Kier molecular flexibility index (Phi) is 34.5. The molecule has 0 aromatic carbocycles. The molecule has 4 nitrogen and oxygen atoms in total. The lowest BCUT2D eigenvalue weighted by Crippen LogP contribution is -2.18. The number of carboxylic acids is 1. The van der Waals surface area contributed by atoms with Crippen molar-refractivity contribution in [2.45, 2.75) is 238 Å². The molecule has 1 atom stereocenters. The second-order valence-corrected chi connectivity index (χ2v) is 13.5. The highest BCUT2D eigenvalue weighted by Crippen LogP contribution is 2.19. The SMILES string of the molecule is CCCCCCCCCCCCCCCCCCCCCC(=O)OC(CCCCCCC)CCCCCCCCC(=O)O. The minimum absolute atomic E-state index is 0.0132. The van der Waals surface area contributed by atoms with Gasteiger partial charge < -0.3 is 9.84 Å². The van der Waals surface area contributed by atoms with Gasteiger partial charge in [0.05, 0.1) is 0 Å². The van der Waals surface area contributed by atoms with Gasteiger partial charge in [-0.15, -0.1) is 0 Å². The summed E-state index contributed by atoms with van der Waals surface area (Å²) in [6.45, 7) is 4.53. The molecule has 0 aliphatic carbocycles. The zero-order valence-corrected chi connectivity index (χ0v) is 29.3. The summed E-state index contributed by atoms with van der Waals surface area (Å²) in [5, 5.41) is 8.75. The first kappa shape index (κ1) is 41.9. The lowest BCUT2D eigenvalue weighted by atomic mass is 10.0. The molecular weight excluding hydrogens is 532 g/mol. The first-order chi connectivity index (χ1) is 21.1. The maximum Gasteiger partial charge on any atom is 0.306 e. The van der Waals surface area contributed by atoms with E-state index in [0.717, 1.165) is 70.6 Å². The molecule has 4 heteroatoms. The van der Waals surface area contributed by atoms with E-state index in [1.807, 2.05) is 0 Å². The Labute approximate surface area is 269 Å². The van der Waals surface area contributed by atoms with E-state index in [1.165, 1.54) is 135 Å². The van der Waals surface area contributed by atoms with Crippen LogP contribution in [0.1, 0.15) is 232 Å². The van der Waals surface area contributed by atoms with Crippen LogP contribution in [0, 0.1) is 0 Å². The quantitative estimate of drug-likeness (QED) is 0.0567. The van der Waals surface area contributed by atoms with E-state index >= 15 is 0 Å². The molecule has 43 heavy (non-hydrogen) atoms. The van der Waals surface area contributed by atoms with E-state index in [9.17, 15) is 9.59 Å². The maximum absolute atomic E-state index is 12.6. The predicted octanol–water partition coefficient (Wildman–Crippen LogP) is 13.3. The van der Waals surface area contributed by atoms with E-state index in [0.29, 0.717) is 6.42 Å². The molecule has 0 bridgehead atoms. The monoisotopic (exact) mass is 609 g/mol. The fourth-order valence-corrected chi connectivity index (χ4v) is 6.19. The number of rotatable bonds is 36. The largest absolute Gasteiger partial charge is 0.481 e. The summed E-state index contributed by atoms with van der Waals surface area (Å²) < 4.78 is 5.96. The Hall–Kier alpha value is -1.06. The van der Waals surface area contributed by atoms with Gasteiger partial charge in [-0.3, -0.25) is 9.59 Å². The molecule has 1 unspecified atom stereocenters. The van der Waals surface area contributed by atoms with Gasteiger partial charge >= 0.3 is 11.9 Å². The molecule has 0 saturated heterocycles. The molecule has 0 saturated carbocycles. The van der Waals surface area contributed by atoms with E-state index in [2.05, 4.69) is 13.8 Å². The minimum Gasteiger partial charge on any atom is -0.481 e. The van der Waals surface area contributed by atoms with Crippen LogP contribution in [-0.4, -0.2) is 23.1 Å². The van der Waals surface area contributed by atoms with E-state index < -0.39 is 5.97 Å². The topological polar surface area (TPSA) is 63.6 Å². The third-order valence-corrected chi connectivity index (χ3v) is 9.08. The zero-order valence-electron chi connectivity index (χ0n) is 29.3. The van der Waals surface area contributed by atoms with Crippen molar-refractivity contribution in [2.24, 2.45) is 0 Å². The predicted molar refractivity (Wildman–Crippen MR) is 186 cm³/mol. The molecule has 0 heterocycles.